The van der Waals surface area contributed by atoms with E-state index in [4.69, 9.17) is 12.2 Å². The Kier molecular flexibility index (Phi) is 5.38. The maximum atomic E-state index is 13.4. The summed E-state index contributed by atoms with van der Waals surface area (Å²) in [5, 5.41) is 5.15. The first kappa shape index (κ1) is 15.9. The zero-order valence-electron chi connectivity index (χ0n) is 12.0. The number of para-hydroxylation sites is 1. The number of amides is 1. The molecule has 2 N–H and O–H groups in total. The average Bonchev–Trinajstić information content (AvgIpc) is 2.49. The van der Waals surface area contributed by atoms with Gasteiger partial charge < -0.3 is 5.32 Å². The van der Waals surface area contributed by atoms with E-state index in [0.717, 1.165) is 11.1 Å². The lowest BCUT2D eigenvalue weighted by Crippen LogP contribution is -2.33. The predicted molar refractivity (Wildman–Crippen MR) is 91.0 cm³/mol. The monoisotopic (exact) mass is 314 g/mol. The molecule has 112 valence electrons. The fraction of sp³-hybridized carbons (Fsp3) is 0.0588. The van der Waals surface area contributed by atoms with Gasteiger partial charge in [-0.1, -0.05) is 42.0 Å². The van der Waals surface area contributed by atoms with Crippen LogP contribution in [0, 0.1) is 12.7 Å². The van der Waals surface area contributed by atoms with Crippen LogP contribution in [0.4, 0.5) is 10.1 Å². The van der Waals surface area contributed by atoms with Gasteiger partial charge in [0.25, 0.3) is 0 Å². The van der Waals surface area contributed by atoms with Gasteiger partial charge in [0.2, 0.25) is 5.91 Å². The Balaban J connectivity index is 1.90. The largest absolute Gasteiger partial charge is 0.330 e. The van der Waals surface area contributed by atoms with E-state index in [1.54, 1.807) is 18.2 Å². The Hall–Kier alpha value is -2.53. The molecule has 2 rings (SSSR count). The Morgan fingerprint density at radius 2 is 1.82 bits per heavy atom. The second-order valence-corrected chi connectivity index (χ2v) is 5.08. The van der Waals surface area contributed by atoms with Crippen molar-refractivity contribution in [2.24, 2.45) is 0 Å². The number of anilines is 1. The number of halogens is 1. The second kappa shape index (κ2) is 7.47. The number of benzene rings is 2. The molecule has 0 radical (unpaired) electrons. The quantitative estimate of drug-likeness (QED) is 0.671. The van der Waals surface area contributed by atoms with Gasteiger partial charge in [0.15, 0.2) is 5.11 Å². The van der Waals surface area contributed by atoms with Gasteiger partial charge >= 0.3 is 0 Å². The maximum absolute atomic E-state index is 13.4. The molecule has 0 aliphatic heterocycles. The van der Waals surface area contributed by atoms with Crippen LogP contribution in [0.25, 0.3) is 6.08 Å². The highest BCUT2D eigenvalue weighted by Crippen LogP contribution is 2.11. The zero-order valence-corrected chi connectivity index (χ0v) is 12.8. The van der Waals surface area contributed by atoms with Crippen molar-refractivity contribution >= 4 is 35.0 Å². The van der Waals surface area contributed by atoms with Crippen molar-refractivity contribution in [1.82, 2.24) is 5.32 Å². The number of carbonyl (C=O) groups is 1. The SMILES string of the molecule is Cc1ccc(/C=C/C(=O)NC(=S)Nc2ccccc2F)cc1. The molecule has 5 heteroatoms. The van der Waals surface area contributed by atoms with Crippen molar-refractivity contribution in [2.75, 3.05) is 5.32 Å². The van der Waals surface area contributed by atoms with E-state index in [1.807, 2.05) is 31.2 Å². The summed E-state index contributed by atoms with van der Waals surface area (Å²) in [6.45, 7) is 1.99. The summed E-state index contributed by atoms with van der Waals surface area (Å²) in [7, 11) is 0. The second-order valence-electron chi connectivity index (χ2n) is 4.67. The molecule has 0 atom stereocenters. The van der Waals surface area contributed by atoms with Crippen molar-refractivity contribution < 1.29 is 9.18 Å². The summed E-state index contributed by atoms with van der Waals surface area (Å²) in [6.07, 6.45) is 3.06. The van der Waals surface area contributed by atoms with Gasteiger partial charge in [-0.05, 0) is 42.9 Å². The van der Waals surface area contributed by atoms with Crippen LogP contribution < -0.4 is 10.6 Å². The van der Waals surface area contributed by atoms with Crippen molar-refractivity contribution in [3.8, 4) is 0 Å². The van der Waals surface area contributed by atoms with Gasteiger partial charge in [0.05, 0.1) is 5.69 Å². The van der Waals surface area contributed by atoms with Crippen LogP contribution in [0.5, 0.6) is 0 Å². The molecule has 1 amide bonds. The van der Waals surface area contributed by atoms with Crippen LogP contribution in [0.2, 0.25) is 0 Å². The minimum atomic E-state index is -0.436. The summed E-state index contributed by atoms with van der Waals surface area (Å²) >= 11 is 4.98. The molecule has 0 fully saturated rings. The van der Waals surface area contributed by atoms with E-state index in [2.05, 4.69) is 10.6 Å². The van der Waals surface area contributed by atoms with Gasteiger partial charge in [-0.25, -0.2) is 4.39 Å². The number of aryl methyl sites for hydroxylation is 1. The van der Waals surface area contributed by atoms with Crippen LogP contribution in [-0.4, -0.2) is 11.0 Å². The summed E-state index contributed by atoms with van der Waals surface area (Å²) in [5.74, 6) is -0.816. The highest BCUT2D eigenvalue weighted by molar-refractivity contribution is 7.80. The molecule has 0 aromatic heterocycles. The number of thiocarbonyl (C=S) groups is 1. The number of hydrogen-bond donors (Lipinski definition) is 2. The minimum Gasteiger partial charge on any atom is -0.330 e. The van der Waals surface area contributed by atoms with E-state index in [9.17, 15) is 9.18 Å². The molecule has 0 spiro atoms. The smallest absolute Gasteiger partial charge is 0.250 e. The molecule has 22 heavy (non-hydrogen) atoms. The van der Waals surface area contributed by atoms with E-state index < -0.39 is 5.82 Å². The summed E-state index contributed by atoms with van der Waals surface area (Å²) in [6, 6.07) is 13.8. The standard InChI is InChI=1S/C17H15FN2OS/c1-12-6-8-13(9-7-12)10-11-16(21)20-17(22)19-15-5-3-2-4-14(15)18/h2-11H,1H3,(H2,19,20,21,22)/b11-10+. The Labute approximate surface area is 133 Å². The average molecular weight is 314 g/mol. The first-order valence-electron chi connectivity index (χ1n) is 6.66. The normalized spacial score (nSPS) is 10.5. The first-order chi connectivity index (χ1) is 10.5. The molecule has 0 saturated carbocycles. The van der Waals surface area contributed by atoms with Crippen molar-refractivity contribution in [3.05, 3.63) is 71.6 Å². The topological polar surface area (TPSA) is 41.1 Å². The van der Waals surface area contributed by atoms with Crippen LogP contribution in [0.1, 0.15) is 11.1 Å². The molecule has 3 nitrogen and oxygen atoms in total. The summed E-state index contributed by atoms with van der Waals surface area (Å²) in [5.41, 5.74) is 2.28. The Bertz CT molecular complexity index is 711. The molecule has 2 aromatic carbocycles. The van der Waals surface area contributed by atoms with Gasteiger partial charge in [0.1, 0.15) is 5.82 Å². The fourth-order valence-corrected chi connectivity index (χ4v) is 1.93. The first-order valence-corrected chi connectivity index (χ1v) is 7.06. The molecule has 0 aliphatic rings. The Morgan fingerprint density at radius 3 is 2.50 bits per heavy atom. The summed E-state index contributed by atoms with van der Waals surface area (Å²) in [4.78, 5) is 11.7. The van der Waals surface area contributed by atoms with E-state index in [-0.39, 0.29) is 16.7 Å². The number of rotatable bonds is 3. The third kappa shape index (κ3) is 4.79. The molecule has 0 saturated heterocycles. The van der Waals surface area contributed by atoms with Crippen LogP contribution in [0.15, 0.2) is 54.6 Å². The lowest BCUT2D eigenvalue weighted by Gasteiger charge is -2.08. The molecular formula is C17H15FN2OS. The predicted octanol–water partition coefficient (Wildman–Crippen LogP) is 3.66. The molecule has 2 aromatic rings. The molecule has 0 unspecified atom stereocenters. The highest BCUT2D eigenvalue weighted by Gasteiger charge is 2.04. The molecular weight excluding hydrogens is 299 g/mol. The lowest BCUT2D eigenvalue weighted by atomic mass is 10.1. The number of nitrogens with one attached hydrogen (secondary N) is 2. The molecule has 0 aliphatic carbocycles. The van der Waals surface area contributed by atoms with Crippen molar-refractivity contribution in [1.29, 1.82) is 0 Å². The van der Waals surface area contributed by atoms with Crippen LogP contribution >= 0.6 is 12.2 Å². The number of carbonyl (C=O) groups excluding carboxylic acids is 1. The van der Waals surface area contributed by atoms with Crippen LogP contribution in [-0.2, 0) is 4.79 Å². The van der Waals surface area contributed by atoms with Crippen molar-refractivity contribution in [3.63, 3.8) is 0 Å². The lowest BCUT2D eigenvalue weighted by molar-refractivity contribution is -0.115. The van der Waals surface area contributed by atoms with Crippen LogP contribution in [0.3, 0.4) is 0 Å². The van der Waals surface area contributed by atoms with Gasteiger partial charge in [-0.3, -0.25) is 10.1 Å². The minimum absolute atomic E-state index is 0.0451. The fourth-order valence-electron chi connectivity index (χ4n) is 1.72. The Morgan fingerprint density at radius 1 is 1.14 bits per heavy atom. The molecule has 0 heterocycles. The number of hydrogen-bond acceptors (Lipinski definition) is 2. The van der Waals surface area contributed by atoms with Crippen molar-refractivity contribution in [2.45, 2.75) is 6.92 Å². The highest BCUT2D eigenvalue weighted by atomic mass is 32.1. The molecule has 0 bridgehead atoms. The summed E-state index contributed by atoms with van der Waals surface area (Å²) < 4.78 is 13.4. The van der Waals surface area contributed by atoms with E-state index in [0.29, 0.717) is 0 Å². The maximum Gasteiger partial charge on any atom is 0.250 e. The third-order valence-corrected chi connectivity index (χ3v) is 3.07. The van der Waals surface area contributed by atoms with Gasteiger partial charge in [-0.15, -0.1) is 0 Å². The zero-order chi connectivity index (χ0) is 15.9. The van der Waals surface area contributed by atoms with Gasteiger partial charge in [0, 0.05) is 6.08 Å². The van der Waals surface area contributed by atoms with E-state index in [1.165, 1.54) is 18.2 Å². The van der Waals surface area contributed by atoms with Gasteiger partial charge in [-0.2, -0.15) is 0 Å². The third-order valence-electron chi connectivity index (χ3n) is 2.86. The van der Waals surface area contributed by atoms with E-state index >= 15 is 0 Å².